The Morgan fingerprint density at radius 3 is 2.65 bits per heavy atom. The summed E-state index contributed by atoms with van der Waals surface area (Å²) < 4.78 is 23.0. The fraction of sp³-hybridized carbons (Fsp3) is 0.867. The van der Waals surface area contributed by atoms with Crippen molar-refractivity contribution in [3.05, 3.63) is 0 Å². The zero-order chi connectivity index (χ0) is 16.2. The highest BCUT2D eigenvalue weighted by molar-refractivity contribution is 14.0. The Balaban J connectivity index is 0.00000264. The Morgan fingerprint density at radius 1 is 1.35 bits per heavy atom. The van der Waals surface area contributed by atoms with Gasteiger partial charge in [0.25, 0.3) is 0 Å². The molecule has 0 aromatic carbocycles. The van der Waals surface area contributed by atoms with Crippen molar-refractivity contribution in [1.82, 2.24) is 10.6 Å². The number of hydrogen-bond acceptors (Lipinski definition) is 4. The van der Waals surface area contributed by atoms with Crippen LogP contribution in [0, 0.1) is 23.2 Å². The maximum absolute atomic E-state index is 11.5. The highest BCUT2D eigenvalue weighted by Gasteiger charge is 2.29. The number of nitrogens with one attached hydrogen (secondary N) is 2. The van der Waals surface area contributed by atoms with Gasteiger partial charge in [-0.1, -0.05) is 0 Å². The van der Waals surface area contributed by atoms with Crippen molar-refractivity contribution in [2.75, 3.05) is 18.1 Å². The van der Waals surface area contributed by atoms with Gasteiger partial charge in [0.05, 0.1) is 23.5 Å². The van der Waals surface area contributed by atoms with Crippen molar-refractivity contribution in [2.45, 2.75) is 51.6 Å². The maximum Gasteiger partial charge on any atom is 0.191 e. The number of hydrogen-bond donors (Lipinski definition) is 2. The van der Waals surface area contributed by atoms with Crippen molar-refractivity contribution in [2.24, 2.45) is 16.8 Å². The molecule has 2 rings (SSSR count). The number of aliphatic imine (C=N–C) groups is 1. The summed E-state index contributed by atoms with van der Waals surface area (Å²) in [6.07, 6.45) is 3.68. The molecule has 0 aromatic rings. The van der Waals surface area contributed by atoms with Gasteiger partial charge in [-0.25, -0.2) is 8.42 Å². The van der Waals surface area contributed by atoms with Crippen LogP contribution >= 0.6 is 24.0 Å². The summed E-state index contributed by atoms with van der Waals surface area (Å²) >= 11 is 0. The van der Waals surface area contributed by atoms with E-state index in [2.05, 4.69) is 21.7 Å². The van der Waals surface area contributed by atoms with Crippen molar-refractivity contribution in [3.63, 3.8) is 0 Å². The van der Waals surface area contributed by atoms with Gasteiger partial charge in [-0.3, -0.25) is 4.99 Å². The minimum absolute atomic E-state index is 0. The van der Waals surface area contributed by atoms with E-state index in [0.29, 0.717) is 18.9 Å². The van der Waals surface area contributed by atoms with Crippen molar-refractivity contribution < 1.29 is 8.42 Å². The van der Waals surface area contributed by atoms with Gasteiger partial charge in [0.15, 0.2) is 15.8 Å². The zero-order valence-electron chi connectivity index (χ0n) is 13.8. The predicted octanol–water partition coefficient (Wildman–Crippen LogP) is 1.67. The van der Waals surface area contributed by atoms with Gasteiger partial charge in [-0.05, 0) is 45.4 Å². The number of sulfone groups is 1. The Kier molecular flexibility index (Phi) is 8.07. The number of nitriles is 1. The normalized spacial score (nSPS) is 29.8. The molecule has 3 unspecified atom stereocenters. The highest BCUT2D eigenvalue weighted by atomic mass is 127. The average Bonchev–Trinajstić information content (AvgIpc) is 3.01. The molecule has 1 saturated carbocycles. The van der Waals surface area contributed by atoms with Gasteiger partial charge >= 0.3 is 0 Å². The third-order valence-corrected chi connectivity index (χ3v) is 6.10. The molecule has 0 amide bonds. The molecule has 8 heteroatoms. The fourth-order valence-corrected chi connectivity index (χ4v) is 4.96. The van der Waals surface area contributed by atoms with Crippen LogP contribution in [0.25, 0.3) is 0 Å². The zero-order valence-corrected chi connectivity index (χ0v) is 16.9. The van der Waals surface area contributed by atoms with Crippen molar-refractivity contribution >= 4 is 39.8 Å². The first-order valence-corrected chi connectivity index (χ1v) is 9.89. The molecule has 1 saturated heterocycles. The molecule has 2 N–H and O–H groups in total. The first kappa shape index (κ1) is 20.5. The summed E-state index contributed by atoms with van der Waals surface area (Å²) in [5, 5.41) is 15.8. The van der Waals surface area contributed by atoms with Crippen molar-refractivity contribution in [1.29, 1.82) is 5.26 Å². The molecule has 23 heavy (non-hydrogen) atoms. The van der Waals surface area contributed by atoms with Gasteiger partial charge in [0.1, 0.15) is 0 Å². The van der Waals surface area contributed by atoms with Gasteiger partial charge in [0, 0.05) is 18.6 Å². The second kappa shape index (κ2) is 9.06. The van der Waals surface area contributed by atoms with E-state index in [1.807, 2.05) is 13.8 Å². The molecule has 2 fully saturated rings. The molecule has 1 aliphatic carbocycles. The van der Waals surface area contributed by atoms with Crippen LogP contribution in [-0.2, 0) is 9.84 Å². The third-order valence-electron chi connectivity index (χ3n) is 4.26. The molecule has 1 heterocycles. The van der Waals surface area contributed by atoms with E-state index < -0.39 is 9.84 Å². The number of nitrogens with zero attached hydrogens (tertiary/aromatic N) is 2. The molecule has 132 valence electrons. The average molecular weight is 454 g/mol. The Bertz CT molecular complexity index is 556. The van der Waals surface area contributed by atoms with Crippen LogP contribution < -0.4 is 10.6 Å². The Morgan fingerprint density at radius 2 is 2.09 bits per heavy atom. The lowest BCUT2D eigenvalue weighted by molar-refractivity contribution is 0.522. The summed E-state index contributed by atoms with van der Waals surface area (Å²) in [5.74, 6) is 1.38. The van der Waals surface area contributed by atoms with Crippen LogP contribution in [0.1, 0.15) is 39.5 Å². The summed E-state index contributed by atoms with van der Waals surface area (Å²) in [7, 11) is -2.85. The maximum atomic E-state index is 11.5. The largest absolute Gasteiger partial charge is 0.354 e. The van der Waals surface area contributed by atoms with Crippen LogP contribution in [0.2, 0.25) is 0 Å². The molecule has 1 aliphatic heterocycles. The van der Waals surface area contributed by atoms with Crippen molar-refractivity contribution in [3.8, 4) is 6.07 Å². The molecule has 0 spiro atoms. The van der Waals surface area contributed by atoms with E-state index in [1.54, 1.807) is 0 Å². The lowest BCUT2D eigenvalue weighted by Crippen LogP contribution is -2.47. The summed E-state index contributed by atoms with van der Waals surface area (Å²) in [5.41, 5.74) is 0. The van der Waals surface area contributed by atoms with Crippen LogP contribution in [0.4, 0.5) is 0 Å². The minimum Gasteiger partial charge on any atom is -0.354 e. The van der Waals surface area contributed by atoms with Gasteiger partial charge in [0.2, 0.25) is 0 Å². The summed E-state index contributed by atoms with van der Waals surface area (Å²) in [6.45, 7) is 4.59. The third kappa shape index (κ3) is 6.45. The number of guanidine groups is 1. The molecular formula is C15H27IN4O2S. The second-order valence-corrected chi connectivity index (χ2v) is 8.90. The lowest BCUT2D eigenvalue weighted by Gasteiger charge is -2.21. The van der Waals surface area contributed by atoms with E-state index in [9.17, 15) is 13.7 Å². The van der Waals surface area contributed by atoms with E-state index in [4.69, 9.17) is 0 Å². The van der Waals surface area contributed by atoms with Crippen LogP contribution in [0.3, 0.4) is 0 Å². The smallest absolute Gasteiger partial charge is 0.191 e. The monoisotopic (exact) mass is 454 g/mol. The second-order valence-electron chi connectivity index (χ2n) is 6.67. The van der Waals surface area contributed by atoms with Gasteiger partial charge in [-0.2, -0.15) is 5.26 Å². The molecule has 0 bridgehead atoms. The van der Waals surface area contributed by atoms with E-state index in [1.165, 1.54) is 0 Å². The number of halogens is 1. The standard InChI is InChI=1S/C15H26N4O2S.HI/c1-11(2)18-15(19-14-5-3-4-13(14)8-16)17-9-12-6-7-22(20,21)10-12;/h11-14H,3-7,9-10H2,1-2H3,(H2,17,18,19);1H. The molecule has 6 nitrogen and oxygen atoms in total. The first-order valence-electron chi connectivity index (χ1n) is 8.07. The predicted molar refractivity (Wildman–Crippen MR) is 103 cm³/mol. The molecule has 0 radical (unpaired) electrons. The van der Waals surface area contributed by atoms with Gasteiger partial charge in [-0.15, -0.1) is 24.0 Å². The SMILES string of the molecule is CC(C)NC(=NCC1CCS(=O)(=O)C1)NC1CCCC1C#N.I. The van der Waals surface area contributed by atoms with Crippen LogP contribution in [-0.4, -0.2) is 44.5 Å². The van der Waals surface area contributed by atoms with E-state index in [0.717, 1.165) is 19.3 Å². The Hall–Kier alpha value is -0.560. The Labute approximate surface area is 156 Å². The molecule has 3 atom stereocenters. The summed E-state index contributed by atoms with van der Waals surface area (Å²) in [6, 6.07) is 2.73. The van der Waals surface area contributed by atoms with E-state index >= 15 is 0 Å². The lowest BCUT2D eigenvalue weighted by atomic mass is 10.1. The van der Waals surface area contributed by atoms with E-state index in [-0.39, 0.29) is 59.4 Å². The first-order chi connectivity index (χ1) is 10.4. The van der Waals surface area contributed by atoms with Crippen LogP contribution in [0.15, 0.2) is 4.99 Å². The number of rotatable bonds is 4. The van der Waals surface area contributed by atoms with Crippen LogP contribution in [0.5, 0.6) is 0 Å². The molecular weight excluding hydrogens is 427 g/mol. The molecule has 2 aliphatic rings. The minimum atomic E-state index is -2.85. The topological polar surface area (TPSA) is 94.3 Å². The summed E-state index contributed by atoms with van der Waals surface area (Å²) in [4.78, 5) is 4.56. The van der Waals surface area contributed by atoms with Gasteiger partial charge < -0.3 is 10.6 Å². The molecule has 0 aromatic heterocycles. The fourth-order valence-electron chi connectivity index (χ4n) is 3.11. The quantitative estimate of drug-likeness (QED) is 0.383. The highest BCUT2D eigenvalue weighted by Crippen LogP contribution is 2.24.